The molecule has 0 atom stereocenters. The highest BCUT2D eigenvalue weighted by Crippen LogP contribution is 2.44. The summed E-state index contributed by atoms with van der Waals surface area (Å²) in [6.45, 7) is 1.14. The second-order valence-corrected chi connectivity index (χ2v) is 7.22. The number of aryl methyl sites for hydroxylation is 1. The van der Waals surface area contributed by atoms with Gasteiger partial charge in [-0.1, -0.05) is 6.07 Å². The lowest BCUT2D eigenvalue weighted by atomic mass is 10.1. The molecule has 8 nitrogen and oxygen atoms in total. The van der Waals surface area contributed by atoms with Crippen LogP contribution < -0.4 is 10.1 Å². The number of nitrogens with one attached hydrogen (secondary N) is 1. The van der Waals surface area contributed by atoms with Crippen molar-refractivity contribution in [3.05, 3.63) is 81.2 Å². The Balaban J connectivity index is 1.98. The van der Waals surface area contributed by atoms with E-state index in [4.69, 9.17) is 4.74 Å². The number of rotatable bonds is 7. The van der Waals surface area contributed by atoms with Crippen LogP contribution >= 0.6 is 0 Å². The first kappa shape index (κ1) is 24.6. The van der Waals surface area contributed by atoms with Crippen molar-refractivity contribution in [1.29, 1.82) is 0 Å². The van der Waals surface area contributed by atoms with Crippen LogP contribution in [0.1, 0.15) is 27.2 Å². The number of hydrogen-bond donors (Lipinski definition) is 1. The van der Waals surface area contributed by atoms with Crippen molar-refractivity contribution in [2.24, 2.45) is 0 Å². The molecule has 1 heterocycles. The summed E-state index contributed by atoms with van der Waals surface area (Å²) in [5.74, 6) is -6.19. The summed E-state index contributed by atoms with van der Waals surface area (Å²) >= 11 is 0. The molecule has 0 fully saturated rings. The third-order valence-corrected chi connectivity index (χ3v) is 4.81. The second-order valence-electron chi connectivity index (χ2n) is 7.22. The Morgan fingerprint density at radius 1 is 1.15 bits per heavy atom. The lowest BCUT2D eigenvalue weighted by Crippen LogP contribution is -2.36. The van der Waals surface area contributed by atoms with Gasteiger partial charge in [-0.3, -0.25) is 19.6 Å². The first-order valence-electron chi connectivity index (χ1n) is 9.55. The zero-order valence-corrected chi connectivity index (χ0v) is 17.7. The largest absolute Gasteiger partial charge is 0.497 e. The molecule has 1 N–H and O–H groups in total. The van der Waals surface area contributed by atoms with Crippen LogP contribution in [-0.4, -0.2) is 33.9 Å². The van der Waals surface area contributed by atoms with E-state index < -0.39 is 34.2 Å². The van der Waals surface area contributed by atoms with Crippen molar-refractivity contribution in [2.75, 3.05) is 12.4 Å². The number of carbonyl (C=O) groups is 1. The Morgan fingerprint density at radius 2 is 1.79 bits per heavy atom. The lowest BCUT2D eigenvalue weighted by molar-refractivity contribution is -0.385. The second kappa shape index (κ2) is 9.08. The number of nitrogens with zero attached hydrogens (tertiary/aromatic N) is 3. The van der Waals surface area contributed by atoms with Gasteiger partial charge in [-0.25, -0.2) is 0 Å². The van der Waals surface area contributed by atoms with Crippen LogP contribution in [0.3, 0.4) is 0 Å². The first-order chi connectivity index (χ1) is 15.8. The molecular formula is C21H17F5N4O4. The maximum Gasteiger partial charge on any atom is 0.459 e. The first-order valence-corrected chi connectivity index (χ1v) is 9.55. The van der Waals surface area contributed by atoms with E-state index in [0.29, 0.717) is 11.3 Å². The normalized spacial score (nSPS) is 11.9. The number of methoxy groups -OCH3 is 1. The van der Waals surface area contributed by atoms with Gasteiger partial charge in [-0.2, -0.15) is 27.1 Å². The molecule has 0 spiro atoms. The molecule has 13 heteroatoms. The van der Waals surface area contributed by atoms with Gasteiger partial charge in [0.1, 0.15) is 5.75 Å². The Bertz CT molecular complexity index is 1220. The van der Waals surface area contributed by atoms with E-state index in [1.165, 1.54) is 56.5 Å². The van der Waals surface area contributed by atoms with Crippen molar-refractivity contribution in [1.82, 2.24) is 9.78 Å². The zero-order valence-electron chi connectivity index (χ0n) is 17.7. The van der Waals surface area contributed by atoms with Crippen LogP contribution in [0.5, 0.6) is 5.75 Å². The Labute approximate surface area is 189 Å². The van der Waals surface area contributed by atoms with E-state index >= 15 is 0 Å². The number of carbonyl (C=O) groups excluding carboxylic acids is 1. The van der Waals surface area contributed by atoms with Crippen molar-refractivity contribution in [3.8, 4) is 5.75 Å². The topological polar surface area (TPSA) is 99.3 Å². The van der Waals surface area contributed by atoms with Gasteiger partial charge >= 0.3 is 12.1 Å². The van der Waals surface area contributed by atoms with Crippen LogP contribution in [0.25, 0.3) is 0 Å². The minimum Gasteiger partial charge on any atom is -0.497 e. The number of benzene rings is 2. The number of halogens is 5. The van der Waals surface area contributed by atoms with Gasteiger partial charge in [0.25, 0.3) is 11.6 Å². The zero-order chi connectivity index (χ0) is 25.3. The number of alkyl halides is 5. The molecule has 0 aliphatic carbocycles. The smallest absolute Gasteiger partial charge is 0.459 e. The molecule has 34 heavy (non-hydrogen) atoms. The Kier molecular flexibility index (Phi) is 6.57. The summed E-state index contributed by atoms with van der Waals surface area (Å²) in [4.78, 5) is 23.0. The van der Waals surface area contributed by atoms with E-state index in [1.807, 2.05) is 0 Å². The molecule has 0 radical (unpaired) electrons. The maximum atomic E-state index is 14.2. The summed E-state index contributed by atoms with van der Waals surface area (Å²) in [5, 5.41) is 16.6. The van der Waals surface area contributed by atoms with E-state index in [0.717, 1.165) is 10.9 Å². The van der Waals surface area contributed by atoms with Crippen LogP contribution in [0.2, 0.25) is 0 Å². The number of anilines is 1. The van der Waals surface area contributed by atoms with Crippen LogP contribution in [0.15, 0.2) is 48.7 Å². The Hall–Kier alpha value is -4.03. The summed E-state index contributed by atoms with van der Waals surface area (Å²) in [7, 11) is 1.40. The monoisotopic (exact) mass is 484 g/mol. The SMILES string of the molecule is COc1ccc(NC(=O)c2cn(Cc3ccc([N+](=O)[O-])c(C)c3)nc2C(F)(F)C(F)(F)F)cc1. The van der Waals surface area contributed by atoms with Crippen LogP contribution in [-0.2, 0) is 12.5 Å². The molecule has 0 saturated carbocycles. The number of nitro groups is 1. The van der Waals surface area contributed by atoms with Crippen LogP contribution in [0, 0.1) is 17.0 Å². The fraction of sp³-hybridized carbons (Fsp3) is 0.238. The van der Waals surface area contributed by atoms with E-state index in [-0.39, 0.29) is 23.5 Å². The number of ether oxygens (including phenoxy) is 1. The molecule has 1 amide bonds. The third-order valence-electron chi connectivity index (χ3n) is 4.81. The van der Waals surface area contributed by atoms with E-state index in [9.17, 15) is 36.9 Å². The predicted octanol–water partition coefficient (Wildman–Crippen LogP) is 5.06. The number of aromatic nitrogens is 2. The lowest BCUT2D eigenvalue weighted by Gasteiger charge is -2.18. The average molecular weight is 484 g/mol. The Morgan fingerprint density at radius 3 is 2.32 bits per heavy atom. The minimum absolute atomic E-state index is 0.130. The molecular weight excluding hydrogens is 467 g/mol. The molecule has 3 rings (SSSR count). The van der Waals surface area contributed by atoms with Crippen molar-refractivity contribution >= 4 is 17.3 Å². The van der Waals surface area contributed by atoms with Gasteiger partial charge < -0.3 is 10.1 Å². The standard InChI is InChI=1S/C21H17F5N4O4/c1-12-9-13(3-8-17(12)30(32)33)10-29-11-16(18(28-29)20(22,23)21(24,25)26)19(31)27-14-4-6-15(34-2)7-5-14/h3-9,11H,10H2,1-2H3,(H,27,31). The maximum absolute atomic E-state index is 14.2. The van der Waals surface area contributed by atoms with Gasteiger partial charge in [0.2, 0.25) is 0 Å². The fourth-order valence-electron chi connectivity index (χ4n) is 3.12. The highest BCUT2D eigenvalue weighted by molar-refractivity contribution is 6.05. The third kappa shape index (κ3) is 4.97. The molecule has 0 saturated heterocycles. The molecule has 0 aliphatic heterocycles. The molecule has 0 aliphatic rings. The summed E-state index contributed by atoms with van der Waals surface area (Å²) in [6, 6.07) is 9.54. The van der Waals surface area contributed by atoms with E-state index in [1.54, 1.807) is 0 Å². The summed E-state index contributed by atoms with van der Waals surface area (Å²) in [6.07, 6.45) is -5.23. The number of hydrogen-bond acceptors (Lipinski definition) is 5. The van der Waals surface area contributed by atoms with Crippen molar-refractivity contribution in [2.45, 2.75) is 25.6 Å². The van der Waals surface area contributed by atoms with Gasteiger partial charge in [0.15, 0.2) is 5.69 Å². The van der Waals surface area contributed by atoms with Crippen LogP contribution in [0.4, 0.5) is 33.3 Å². The van der Waals surface area contributed by atoms with Crippen molar-refractivity contribution < 1.29 is 36.4 Å². The van der Waals surface area contributed by atoms with Gasteiger partial charge in [-0.05, 0) is 42.8 Å². The fourth-order valence-corrected chi connectivity index (χ4v) is 3.12. The highest BCUT2D eigenvalue weighted by Gasteiger charge is 2.62. The molecule has 2 aromatic carbocycles. The minimum atomic E-state index is -5.99. The molecule has 1 aromatic heterocycles. The predicted molar refractivity (Wildman–Crippen MR) is 110 cm³/mol. The highest BCUT2D eigenvalue weighted by atomic mass is 19.4. The van der Waals surface area contributed by atoms with Gasteiger partial charge in [0.05, 0.1) is 24.1 Å². The molecule has 180 valence electrons. The average Bonchev–Trinajstić information content (AvgIpc) is 3.18. The van der Waals surface area contributed by atoms with E-state index in [2.05, 4.69) is 10.4 Å². The van der Waals surface area contributed by atoms with Gasteiger partial charge in [0, 0.05) is 23.5 Å². The molecule has 0 bridgehead atoms. The number of amides is 1. The summed E-state index contributed by atoms with van der Waals surface area (Å²) in [5.41, 5.74) is -2.19. The molecule has 3 aromatic rings. The number of nitro benzene ring substituents is 1. The van der Waals surface area contributed by atoms with Crippen molar-refractivity contribution in [3.63, 3.8) is 0 Å². The van der Waals surface area contributed by atoms with Gasteiger partial charge in [-0.15, -0.1) is 0 Å². The molecule has 0 unspecified atom stereocenters. The quantitative estimate of drug-likeness (QED) is 0.287. The summed E-state index contributed by atoms with van der Waals surface area (Å²) < 4.78 is 73.3.